The van der Waals surface area contributed by atoms with E-state index < -0.39 is 5.97 Å². The van der Waals surface area contributed by atoms with Crippen molar-refractivity contribution in [3.8, 4) is 17.2 Å². The zero-order valence-electron chi connectivity index (χ0n) is 16.2. The summed E-state index contributed by atoms with van der Waals surface area (Å²) in [5.74, 6) is 0.856. The molecule has 0 heterocycles. The Bertz CT molecular complexity index is 981. The van der Waals surface area contributed by atoms with Gasteiger partial charge >= 0.3 is 5.97 Å². The standard InChI is InChI=1S/C23H21NO5/c1-16-4-3-5-21(14-16)28-15-22(25)29-20-10-6-17(7-11-20)23(26)24-18-8-12-19(27-2)13-9-18/h3-14H,15H2,1-2H3,(H,24,26). The third kappa shape index (κ3) is 5.84. The molecule has 0 radical (unpaired) electrons. The quantitative estimate of drug-likeness (QED) is 0.482. The molecule has 0 atom stereocenters. The molecule has 0 fully saturated rings. The topological polar surface area (TPSA) is 73.9 Å². The van der Waals surface area contributed by atoms with Gasteiger partial charge in [-0.1, -0.05) is 12.1 Å². The fourth-order valence-electron chi connectivity index (χ4n) is 2.56. The number of hydrogen-bond acceptors (Lipinski definition) is 5. The lowest BCUT2D eigenvalue weighted by molar-refractivity contribution is -0.136. The van der Waals surface area contributed by atoms with Crippen LogP contribution in [0.15, 0.2) is 72.8 Å². The van der Waals surface area contributed by atoms with Crippen molar-refractivity contribution >= 4 is 17.6 Å². The molecular weight excluding hydrogens is 370 g/mol. The molecule has 0 aliphatic heterocycles. The molecular formula is C23H21NO5. The van der Waals surface area contributed by atoms with E-state index in [9.17, 15) is 9.59 Å². The normalized spacial score (nSPS) is 10.1. The molecule has 6 nitrogen and oxygen atoms in total. The summed E-state index contributed by atoms with van der Waals surface area (Å²) in [5.41, 5.74) is 2.13. The molecule has 6 heteroatoms. The highest BCUT2D eigenvalue weighted by Crippen LogP contribution is 2.18. The van der Waals surface area contributed by atoms with E-state index >= 15 is 0 Å². The van der Waals surface area contributed by atoms with Crippen molar-refractivity contribution < 1.29 is 23.8 Å². The van der Waals surface area contributed by atoms with Gasteiger partial charge in [0, 0.05) is 11.3 Å². The maximum Gasteiger partial charge on any atom is 0.349 e. The number of carbonyl (C=O) groups excluding carboxylic acids is 2. The van der Waals surface area contributed by atoms with E-state index in [1.165, 1.54) is 0 Å². The number of methoxy groups -OCH3 is 1. The van der Waals surface area contributed by atoms with Crippen LogP contribution < -0.4 is 19.5 Å². The Hall–Kier alpha value is -3.80. The molecule has 29 heavy (non-hydrogen) atoms. The van der Waals surface area contributed by atoms with Gasteiger partial charge in [-0.15, -0.1) is 0 Å². The van der Waals surface area contributed by atoms with Gasteiger partial charge in [-0.05, 0) is 73.2 Å². The molecule has 0 saturated heterocycles. The van der Waals surface area contributed by atoms with E-state index in [-0.39, 0.29) is 12.5 Å². The maximum absolute atomic E-state index is 12.3. The number of esters is 1. The zero-order valence-corrected chi connectivity index (χ0v) is 16.2. The van der Waals surface area contributed by atoms with Crippen LogP contribution in [-0.2, 0) is 4.79 Å². The Kier molecular flexibility index (Phi) is 6.47. The van der Waals surface area contributed by atoms with Crippen LogP contribution in [0.5, 0.6) is 17.2 Å². The second kappa shape index (κ2) is 9.41. The second-order valence-corrected chi connectivity index (χ2v) is 6.29. The number of hydrogen-bond donors (Lipinski definition) is 1. The van der Waals surface area contributed by atoms with Crippen molar-refractivity contribution in [2.45, 2.75) is 6.92 Å². The lowest BCUT2D eigenvalue weighted by atomic mass is 10.2. The van der Waals surface area contributed by atoms with Crippen molar-refractivity contribution in [2.24, 2.45) is 0 Å². The summed E-state index contributed by atoms with van der Waals surface area (Å²) < 4.78 is 15.7. The lowest BCUT2D eigenvalue weighted by Gasteiger charge is -2.09. The molecule has 3 aromatic rings. The van der Waals surface area contributed by atoms with E-state index in [2.05, 4.69) is 5.32 Å². The Balaban J connectivity index is 1.52. The number of nitrogens with one attached hydrogen (secondary N) is 1. The fraction of sp³-hybridized carbons (Fsp3) is 0.130. The van der Waals surface area contributed by atoms with Crippen LogP contribution in [-0.4, -0.2) is 25.6 Å². The van der Waals surface area contributed by atoms with Crippen molar-refractivity contribution in [2.75, 3.05) is 19.0 Å². The van der Waals surface area contributed by atoms with Crippen molar-refractivity contribution in [3.63, 3.8) is 0 Å². The van der Waals surface area contributed by atoms with Gasteiger partial charge in [-0.2, -0.15) is 0 Å². The van der Waals surface area contributed by atoms with E-state index in [1.54, 1.807) is 61.7 Å². The van der Waals surface area contributed by atoms with Crippen LogP contribution in [0.2, 0.25) is 0 Å². The Morgan fingerprint density at radius 2 is 1.55 bits per heavy atom. The van der Waals surface area contributed by atoms with Gasteiger partial charge in [-0.25, -0.2) is 4.79 Å². The smallest absolute Gasteiger partial charge is 0.349 e. The summed E-state index contributed by atoms with van der Waals surface area (Å²) >= 11 is 0. The molecule has 1 amide bonds. The number of anilines is 1. The zero-order chi connectivity index (χ0) is 20.6. The highest BCUT2D eigenvalue weighted by molar-refractivity contribution is 6.04. The number of benzene rings is 3. The Labute approximate surface area is 169 Å². The van der Waals surface area contributed by atoms with Crippen molar-refractivity contribution in [1.29, 1.82) is 0 Å². The SMILES string of the molecule is COc1ccc(NC(=O)c2ccc(OC(=O)COc3cccc(C)c3)cc2)cc1. The van der Waals surface area contributed by atoms with Gasteiger partial charge in [0.2, 0.25) is 0 Å². The average Bonchev–Trinajstić information content (AvgIpc) is 2.73. The van der Waals surface area contributed by atoms with Crippen LogP contribution in [0.25, 0.3) is 0 Å². The third-order valence-corrected chi connectivity index (χ3v) is 4.04. The van der Waals surface area contributed by atoms with E-state index in [0.717, 1.165) is 5.56 Å². The highest BCUT2D eigenvalue weighted by Gasteiger charge is 2.09. The molecule has 3 rings (SSSR count). The Morgan fingerprint density at radius 3 is 2.21 bits per heavy atom. The Morgan fingerprint density at radius 1 is 0.862 bits per heavy atom. The lowest BCUT2D eigenvalue weighted by Crippen LogP contribution is -2.18. The van der Waals surface area contributed by atoms with Crippen molar-refractivity contribution in [3.05, 3.63) is 83.9 Å². The van der Waals surface area contributed by atoms with Gasteiger partial charge in [0.1, 0.15) is 17.2 Å². The van der Waals surface area contributed by atoms with Gasteiger partial charge in [0.05, 0.1) is 7.11 Å². The predicted octanol–water partition coefficient (Wildman–Crippen LogP) is 4.24. The summed E-state index contributed by atoms with van der Waals surface area (Å²) in [6, 6.07) is 20.7. The molecule has 1 N–H and O–H groups in total. The van der Waals surface area contributed by atoms with Crippen LogP contribution in [0.4, 0.5) is 5.69 Å². The molecule has 0 spiro atoms. The summed E-state index contributed by atoms with van der Waals surface area (Å²) in [7, 11) is 1.58. The molecule has 0 aliphatic rings. The minimum atomic E-state index is -0.526. The van der Waals surface area contributed by atoms with Crippen LogP contribution in [0.3, 0.4) is 0 Å². The van der Waals surface area contributed by atoms with Gasteiger partial charge < -0.3 is 19.5 Å². The van der Waals surface area contributed by atoms with Crippen LogP contribution in [0, 0.1) is 6.92 Å². The molecule has 0 aliphatic carbocycles. The van der Waals surface area contributed by atoms with Crippen molar-refractivity contribution in [1.82, 2.24) is 0 Å². The molecule has 0 saturated carbocycles. The van der Waals surface area contributed by atoms with Gasteiger partial charge in [0.25, 0.3) is 5.91 Å². The fourth-order valence-corrected chi connectivity index (χ4v) is 2.56. The number of carbonyl (C=O) groups is 2. The molecule has 0 bridgehead atoms. The predicted molar refractivity (Wildman–Crippen MR) is 110 cm³/mol. The van der Waals surface area contributed by atoms with E-state index in [4.69, 9.17) is 14.2 Å². The minimum Gasteiger partial charge on any atom is -0.497 e. The average molecular weight is 391 g/mol. The number of ether oxygens (including phenoxy) is 3. The first-order valence-electron chi connectivity index (χ1n) is 8.99. The van der Waals surface area contributed by atoms with E-state index in [1.807, 2.05) is 25.1 Å². The summed E-state index contributed by atoms with van der Waals surface area (Å²) in [6.07, 6.45) is 0. The first-order chi connectivity index (χ1) is 14.0. The van der Waals surface area contributed by atoms with Crippen LogP contribution >= 0.6 is 0 Å². The molecule has 3 aromatic carbocycles. The highest BCUT2D eigenvalue weighted by atomic mass is 16.6. The summed E-state index contributed by atoms with van der Waals surface area (Å²) in [4.78, 5) is 24.3. The number of aryl methyl sites for hydroxylation is 1. The molecule has 0 unspecified atom stereocenters. The first-order valence-corrected chi connectivity index (χ1v) is 8.99. The second-order valence-electron chi connectivity index (χ2n) is 6.29. The summed E-state index contributed by atoms with van der Waals surface area (Å²) in [5, 5.41) is 2.79. The number of amides is 1. The monoisotopic (exact) mass is 391 g/mol. The number of rotatable bonds is 7. The minimum absolute atomic E-state index is 0.205. The molecule has 148 valence electrons. The van der Waals surface area contributed by atoms with Crippen LogP contribution in [0.1, 0.15) is 15.9 Å². The van der Waals surface area contributed by atoms with E-state index in [0.29, 0.717) is 28.5 Å². The first kappa shape index (κ1) is 19.9. The van der Waals surface area contributed by atoms with Gasteiger partial charge in [-0.3, -0.25) is 4.79 Å². The van der Waals surface area contributed by atoms with Gasteiger partial charge in [0.15, 0.2) is 6.61 Å². The third-order valence-electron chi connectivity index (χ3n) is 4.04. The molecule has 0 aromatic heterocycles. The maximum atomic E-state index is 12.3. The summed E-state index contributed by atoms with van der Waals surface area (Å²) in [6.45, 7) is 1.74. The largest absolute Gasteiger partial charge is 0.497 e.